The minimum Gasteiger partial charge on any atom is -0.382 e. The maximum atomic E-state index is 13.4. The topological polar surface area (TPSA) is 62.8 Å². The smallest absolute Gasteiger partial charge is 0.141 e. The average molecular weight is 247 g/mol. The summed E-state index contributed by atoms with van der Waals surface area (Å²) in [6, 6.07) is 9.96. The fourth-order valence-corrected chi connectivity index (χ4v) is 2.06. The number of halogens is 1. The third-order valence-corrected chi connectivity index (χ3v) is 3.10. The molecule has 0 aliphatic carbocycles. The molecule has 2 rings (SSSR count). The molecule has 0 atom stereocenters. The standard InChI is InChI=1S/C12H10FN3S/c13-9-3-1-2-4-11(9)17-8-5-6-10(12(14)15)16-7-8/h1-7H,(H3,14,15). The quantitative estimate of drug-likeness (QED) is 0.647. The zero-order valence-electron chi connectivity index (χ0n) is 8.85. The summed E-state index contributed by atoms with van der Waals surface area (Å²) in [7, 11) is 0. The molecule has 0 amide bonds. The van der Waals surface area contributed by atoms with Crippen LogP contribution in [0.2, 0.25) is 0 Å². The lowest BCUT2D eigenvalue weighted by Crippen LogP contribution is -2.12. The lowest BCUT2D eigenvalue weighted by atomic mass is 10.3. The van der Waals surface area contributed by atoms with Gasteiger partial charge in [0.2, 0.25) is 0 Å². The molecule has 86 valence electrons. The Bertz CT molecular complexity index is 540. The molecule has 0 bridgehead atoms. The summed E-state index contributed by atoms with van der Waals surface area (Å²) in [6.07, 6.45) is 1.58. The summed E-state index contributed by atoms with van der Waals surface area (Å²) < 4.78 is 13.4. The number of nitrogens with one attached hydrogen (secondary N) is 1. The Labute approximate surface area is 102 Å². The van der Waals surface area contributed by atoms with Crippen LogP contribution in [0.1, 0.15) is 5.69 Å². The summed E-state index contributed by atoms with van der Waals surface area (Å²) in [4.78, 5) is 5.36. The number of amidine groups is 1. The van der Waals surface area contributed by atoms with Gasteiger partial charge in [0.25, 0.3) is 0 Å². The van der Waals surface area contributed by atoms with E-state index in [9.17, 15) is 4.39 Å². The van der Waals surface area contributed by atoms with E-state index in [1.165, 1.54) is 17.8 Å². The first-order valence-electron chi connectivity index (χ1n) is 4.89. The molecule has 0 radical (unpaired) electrons. The first-order valence-corrected chi connectivity index (χ1v) is 5.71. The van der Waals surface area contributed by atoms with Crippen molar-refractivity contribution in [3.8, 4) is 0 Å². The maximum Gasteiger partial charge on any atom is 0.141 e. The van der Waals surface area contributed by atoms with Crippen molar-refractivity contribution in [1.82, 2.24) is 4.98 Å². The van der Waals surface area contributed by atoms with Crippen LogP contribution in [0.15, 0.2) is 52.4 Å². The van der Waals surface area contributed by atoms with Gasteiger partial charge in [0, 0.05) is 16.0 Å². The number of pyridine rings is 1. The van der Waals surface area contributed by atoms with E-state index in [0.29, 0.717) is 10.6 Å². The van der Waals surface area contributed by atoms with Crippen LogP contribution in [0, 0.1) is 11.2 Å². The third kappa shape index (κ3) is 2.82. The van der Waals surface area contributed by atoms with E-state index in [-0.39, 0.29) is 11.7 Å². The molecule has 0 saturated heterocycles. The first-order chi connectivity index (χ1) is 8.16. The first kappa shape index (κ1) is 11.6. The van der Waals surface area contributed by atoms with E-state index in [4.69, 9.17) is 11.1 Å². The van der Waals surface area contributed by atoms with Crippen molar-refractivity contribution >= 4 is 17.6 Å². The SMILES string of the molecule is N=C(N)c1ccc(Sc2ccccc2F)cn1. The van der Waals surface area contributed by atoms with Gasteiger partial charge in [0.15, 0.2) is 0 Å². The molecule has 2 aromatic rings. The number of rotatable bonds is 3. The van der Waals surface area contributed by atoms with Crippen LogP contribution in [0.4, 0.5) is 4.39 Å². The summed E-state index contributed by atoms with van der Waals surface area (Å²) in [5.41, 5.74) is 5.71. The van der Waals surface area contributed by atoms with Crippen molar-refractivity contribution in [3.05, 3.63) is 54.1 Å². The normalized spacial score (nSPS) is 10.2. The minimum atomic E-state index is -0.256. The predicted molar refractivity (Wildman–Crippen MR) is 65.8 cm³/mol. The molecule has 1 aromatic heterocycles. The summed E-state index contributed by atoms with van der Waals surface area (Å²) >= 11 is 1.29. The third-order valence-electron chi connectivity index (χ3n) is 2.08. The van der Waals surface area contributed by atoms with Crippen molar-refractivity contribution in [2.45, 2.75) is 9.79 Å². The van der Waals surface area contributed by atoms with E-state index in [1.54, 1.807) is 36.5 Å². The van der Waals surface area contributed by atoms with Crippen LogP contribution < -0.4 is 5.73 Å². The van der Waals surface area contributed by atoms with Crippen LogP contribution >= 0.6 is 11.8 Å². The van der Waals surface area contributed by atoms with Gasteiger partial charge in [-0.2, -0.15) is 0 Å². The highest BCUT2D eigenvalue weighted by Crippen LogP contribution is 2.28. The summed E-state index contributed by atoms with van der Waals surface area (Å²) in [6.45, 7) is 0. The van der Waals surface area contributed by atoms with Gasteiger partial charge in [-0.05, 0) is 24.3 Å². The van der Waals surface area contributed by atoms with Gasteiger partial charge in [-0.25, -0.2) is 4.39 Å². The second-order valence-electron chi connectivity index (χ2n) is 3.33. The van der Waals surface area contributed by atoms with Crippen molar-refractivity contribution in [1.29, 1.82) is 5.41 Å². The molecule has 0 aliphatic rings. The summed E-state index contributed by atoms with van der Waals surface area (Å²) in [5, 5.41) is 7.21. The van der Waals surface area contributed by atoms with E-state index in [2.05, 4.69) is 4.98 Å². The highest BCUT2D eigenvalue weighted by molar-refractivity contribution is 7.99. The molecule has 3 nitrogen and oxygen atoms in total. The predicted octanol–water partition coefficient (Wildman–Crippen LogP) is 2.66. The number of nitrogen functional groups attached to an aromatic ring is 1. The molecule has 0 unspecified atom stereocenters. The molecule has 3 N–H and O–H groups in total. The Morgan fingerprint density at radius 3 is 2.59 bits per heavy atom. The molecule has 0 aliphatic heterocycles. The van der Waals surface area contributed by atoms with Gasteiger partial charge >= 0.3 is 0 Å². The van der Waals surface area contributed by atoms with Crippen LogP contribution in [0.3, 0.4) is 0 Å². The van der Waals surface area contributed by atoms with Gasteiger partial charge in [-0.3, -0.25) is 10.4 Å². The molecule has 1 aromatic carbocycles. The van der Waals surface area contributed by atoms with Crippen LogP contribution in [-0.2, 0) is 0 Å². The number of nitrogens with two attached hydrogens (primary N) is 1. The largest absolute Gasteiger partial charge is 0.382 e. The zero-order valence-corrected chi connectivity index (χ0v) is 9.67. The van der Waals surface area contributed by atoms with Gasteiger partial charge in [-0.1, -0.05) is 23.9 Å². The van der Waals surface area contributed by atoms with Crippen molar-refractivity contribution < 1.29 is 4.39 Å². The van der Waals surface area contributed by atoms with Gasteiger partial charge in [0.05, 0.1) is 0 Å². The Kier molecular flexibility index (Phi) is 3.39. The Morgan fingerprint density at radius 1 is 1.24 bits per heavy atom. The average Bonchev–Trinajstić information content (AvgIpc) is 2.33. The van der Waals surface area contributed by atoms with Crippen LogP contribution in [-0.4, -0.2) is 10.8 Å². The van der Waals surface area contributed by atoms with Gasteiger partial charge in [0.1, 0.15) is 17.3 Å². The number of hydrogen-bond acceptors (Lipinski definition) is 3. The Hall–Kier alpha value is -1.88. The monoisotopic (exact) mass is 247 g/mol. The lowest BCUT2D eigenvalue weighted by molar-refractivity contribution is 0.602. The number of aromatic nitrogens is 1. The van der Waals surface area contributed by atoms with E-state index in [1.807, 2.05) is 0 Å². The molecule has 0 fully saturated rings. The Morgan fingerprint density at radius 2 is 2.00 bits per heavy atom. The lowest BCUT2D eigenvalue weighted by Gasteiger charge is -2.03. The minimum absolute atomic E-state index is 0.0764. The second-order valence-corrected chi connectivity index (χ2v) is 4.44. The van der Waals surface area contributed by atoms with Gasteiger partial charge < -0.3 is 5.73 Å². The van der Waals surface area contributed by atoms with Gasteiger partial charge in [-0.15, -0.1) is 0 Å². The molecule has 0 spiro atoms. The fraction of sp³-hybridized carbons (Fsp3) is 0. The molecular weight excluding hydrogens is 237 g/mol. The number of nitrogens with zero attached hydrogens (tertiary/aromatic N) is 1. The van der Waals surface area contributed by atoms with E-state index < -0.39 is 0 Å². The van der Waals surface area contributed by atoms with Crippen molar-refractivity contribution in [3.63, 3.8) is 0 Å². The number of benzene rings is 1. The molecule has 0 saturated carbocycles. The highest BCUT2D eigenvalue weighted by atomic mass is 32.2. The van der Waals surface area contributed by atoms with Crippen LogP contribution in [0.25, 0.3) is 0 Å². The van der Waals surface area contributed by atoms with E-state index >= 15 is 0 Å². The maximum absolute atomic E-state index is 13.4. The second kappa shape index (κ2) is 4.97. The Balaban J connectivity index is 2.20. The fourth-order valence-electron chi connectivity index (χ4n) is 1.25. The van der Waals surface area contributed by atoms with E-state index in [0.717, 1.165) is 4.90 Å². The van der Waals surface area contributed by atoms with Crippen molar-refractivity contribution in [2.75, 3.05) is 0 Å². The molecule has 1 heterocycles. The molecule has 17 heavy (non-hydrogen) atoms. The highest BCUT2D eigenvalue weighted by Gasteiger charge is 2.04. The zero-order chi connectivity index (χ0) is 12.3. The summed E-state index contributed by atoms with van der Waals surface area (Å²) in [5.74, 6) is -0.333. The van der Waals surface area contributed by atoms with Crippen molar-refractivity contribution in [2.24, 2.45) is 5.73 Å². The molecular formula is C12H10FN3S. The molecule has 5 heteroatoms. The van der Waals surface area contributed by atoms with Crippen LogP contribution in [0.5, 0.6) is 0 Å². The number of hydrogen-bond donors (Lipinski definition) is 2.